The number of rotatable bonds is 3. The molecule has 4 nitrogen and oxygen atoms in total. The van der Waals surface area contributed by atoms with Crippen LogP contribution in [0.3, 0.4) is 0 Å². The number of piperazine rings is 1. The molecule has 2 unspecified atom stereocenters. The number of halogens is 1. The Morgan fingerprint density at radius 3 is 2.76 bits per heavy atom. The Kier molecular flexibility index (Phi) is 3.66. The molecular formula is C16H19FN2O2. The number of fused-ring (bicyclic) bond motifs is 1. The average molecular weight is 290 g/mol. The average Bonchev–Trinajstić information content (AvgIpc) is 2.96. The first-order chi connectivity index (χ1) is 10.1. The molecule has 2 amide bonds. The zero-order valence-electron chi connectivity index (χ0n) is 12.1. The highest BCUT2D eigenvalue weighted by Crippen LogP contribution is 2.27. The van der Waals surface area contributed by atoms with Crippen LogP contribution in [-0.4, -0.2) is 46.8 Å². The fraction of sp³-hybridized carbons (Fsp3) is 0.500. The fourth-order valence-electron chi connectivity index (χ4n) is 3.29. The number of hydrogen-bond acceptors (Lipinski definition) is 2. The fourth-order valence-corrected chi connectivity index (χ4v) is 3.29. The van der Waals surface area contributed by atoms with Gasteiger partial charge in [-0.1, -0.05) is 18.2 Å². The van der Waals surface area contributed by atoms with Crippen molar-refractivity contribution >= 4 is 11.8 Å². The number of benzene rings is 1. The van der Waals surface area contributed by atoms with Gasteiger partial charge in [-0.15, -0.1) is 0 Å². The molecule has 21 heavy (non-hydrogen) atoms. The first-order valence-corrected chi connectivity index (χ1v) is 7.44. The quantitative estimate of drug-likeness (QED) is 0.848. The molecule has 0 radical (unpaired) electrons. The van der Waals surface area contributed by atoms with Crippen molar-refractivity contribution in [2.24, 2.45) is 0 Å². The summed E-state index contributed by atoms with van der Waals surface area (Å²) in [5, 5.41) is 0. The molecule has 2 saturated heterocycles. The highest BCUT2D eigenvalue weighted by atomic mass is 19.1. The topological polar surface area (TPSA) is 40.6 Å². The summed E-state index contributed by atoms with van der Waals surface area (Å²) < 4.78 is 13.7. The van der Waals surface area contributed by atoms with Crippen molar-refractivity contribution in [2.45, 2.75) is 38.3 Å². The Bertz CT molecular complexity index is 575. The van der Waals surface area contributed by atoms with E-state index in [0.717, 1.165) is 12.8 Å². The van der Waals surface area contributed by atoms with Crippen molar-refractivity contribution in [1.82, 2.24) is 9.80 Å². The van der Waals surface area contributed by atoms with E-state index >= 15 is 0 Å². The van der Waals surface area contributed by atoms with E-state index in [4.69, 9.17) is 0 Å². The Morgan fingerprint density at radius 2 is 2.00 bits per heavy atom. The van der Waals surface area contributed by atoms with Gasteiger partial charge in [0.1, 0.15) is 17.9 Å². The van der Waals surface area contributed by atoms with Crippen molar-refractivity contribution in [2.75, 3.05) is 13.1 Å². The number of carbonyl (C=O) groups excluding carboxylic acids is 2. The minimum absolute atomic E-state index is 0.0101. The van der Waals surface area contributed by atoms with E-state index in [9.17, 15) is 14.0 Å². The number of hydrogen-bond donors (Lipinski definition) is 0. The maximum Gasteiger partial charge on any atom is 0.246 e. The lowest BCUT2D eigenvalue weighted by Crippen LogP contribution is -2.62. The monoisotopic (exact) mass is 290 g/mol. The number of nitrogens with zero attached hydrogens (tertiary/aromatic N) is 2. The Morgan fingerprint density at radius 1 is 1.24 bits per heavy atom. The van der Waals surface area contributed by atoms with Crippen LogP contribution in [-0.2, 0) is 16.0 Å². The molecular weight excluding hydrogens is 271 g/mol. The van der Waals surface area contributed by atoms with Crippen LogP contribution in [0.5, 0.6) is 0 Å². The second-order valence-corrected chi connectivity index (χ2v) is 5.74. The molecule has 112 valence electrons. The summed E-state index contributed by atoms with van der Waals surface area (Å²) in [7, 11) is 0. The predicted octanol–water partition coefficient (Wildman–Crippen LogP) is 1.59. The molecule has 1 aromatic carbocycles. The third-order valence-corrected chi connectivity index (χ3v) is 4.51. The molecule has 2 fully saturated rings. The van der Waals surface area contributed by atoms with Crippen LogP contribution in [0.15, 0.2) is 24.3 Å². The van der Waals surface area contributed by atoms with Gasteiger partial charge in [-0.05, 0) is 37.8 Å². The van der Waals surface area contributed by atoms with Crippen molar-refractivity contribution < 1.29 is 14.0 Å². The summed E-state index contributed by atoms with van der Waals surface area (Å²) in [4.78, 5) is 28.1. The van der Waals surface area contributed by atoms with E-state index in [0.29, 0.717) is 25.1 Å². The second kappa shape index (κ2) is 5.47. The minimum atomic E-state index is -0.446. The molecule has 0 aliphatic carbocycles. The lowest BCUT2D eigenvalue weighted by Gasteiger charge is -2.41. The van der Waals surface area contributed by atoms with E-state index in [1.807, 2.05) is 0 Å². The van der Waals surface area contributed by atoms with Crippen LogP contribution < -0.4 is 0 Å². The summed E-state index contributed by atoms with van der Waals surface area (Å²) in [5.74, 6) is -0.231. The molecule has 0 saturated carbocycles. The highest BCUT2D eigenvalue weighted by molar-refractivity contribution is 5.97. The van der Waals surface area contributed by atoms with Gasteiger partial charge in [0.2, 0.25) is 11.8 Å². The van der Waals surface area contributed by atoms with Gasteiger partial charge >= 0.3 is 0 Å². The van der Waals surface area contributed by atoms with Gasteiger partial charge in [0.05, 0.1) is 0 Å². The standard InChI is InChI=1S/C16H19FN2O2/c1-11-15(20)19-9-4-7-14(19)16(21)18(11)10-8-12-5-2-3-6-13(12)17/h2-3,5-6,11,14H,4,7-10H2,1H3. The Hall–Kier alpha value is -1.91. The zero-order chi connectivity index (χ0) is 15.0. The molecule has 2 atom stereocenters. The van der Waals surface area contributed by atoms with Crippen LogP contribution in [0.1, 0.15) is 25.3 Å². The molecule has 2 aliphatic heterocycles. The maximum absolute atomic E-state index is 13.7. The number of amides is 2. The van der Waals surface area contributed by atoms with Gasteiger partial charge in [0, 0.05) is 13.1 Å². The second-order valence-electron chi connectivity index (χ2n) is 5.74. The summed E-state index contributed by atoms with van der Waals surface area (Å²) in [6, 6.07) is 5.82. The normalized spacial score (nSPS) is 25.4. The van der Waals surface area contributed by atoms with Crippen LogP contribution >= 0.6 is 0 Å². The van der Waals surface area contributed by atoms with Crippen LogP contribution in [0.25, 0.3) is 0 Å². The van der Waals surface area contributed by atoms with E-state index in [2.05, 4.69) is 0 Å². The van der Waals surface area contributed by atoms with Crippen molar-refractivity contribution in [1.29, 1.82) is 0 Å². The summed E-state index contributed by atoms with van der Waals surface area (Å²) in [6.07, 6.45) is 2.06. The van der Waals surface area contributed by atoms with E-state index in [-0.39, 0.29) is 23.7 Å². The van der Waals surface area contributed by atoms with Crippen molar-refractivity contribution in [3.8, 4) is 0 Å². The van der Waals surface area contributed by atoms with Gasteiger partial charge in [-0.25, -0.2) is 4.39 Å². The first kappa shape index (κ1) is 14.0. The van der Waals surface area contributed by atoms with Gasteiger partial charge in [-0.3, -0.25) is 9.59 Å². The molecule has 0 aromatic heterocycles. The third kappa shape index (κ3) is 2.41. The van der Waals surface area contributed by atoms with Crippen LogP contribution in [0, 0.1) is 5.82 Å². The van der Waals surface area contributed by atoms with Crippen LogP contribution in [0.4, 0.5) is 4.39 Å². The van der Waals surface area contributed by atoms with Gasteiger partial charge in [0.25, 0.3) is 0 Å². The molecule has 3 rings (SSSR count). The highest BCUT2D eigenvalue weighted by Gasteiger charge is 2.45. The maximum atomic E-state index is 13.7. The molecule has 2 aliphatic rings. The summed E-state index contributed by atoms with van der Waals surface area (Å²) in [6.45, 7) is 2.83. The Balaban J connectivity index is 1.74. The van der Waals surface area contributed by atoms with Gasteiger partial charge in [-0.2, -0.15) is 0 Å². The van der Waals surface area contributed by atoms with E-state index in [1.165, 1.54) is 6.07 Å². The zero-order valence-corrected chi connectivity index (χ0v) is 12.1. The third-order valence-electron chi connectivity index (χ3n) is 4.51. The van der Waals surface area contributed by atoms with Gasteiger partial charge < -0.3 is 9.80 Å². The predicted molar refractivity (Wildman–Crippen MR) is 76.0 cm³/mol. The van der Waals surface area contributed by atoms with E-state index in [1.54, 1.807) is 34.9 Å². The molecule has 1 aromatic rings. The minimum Gasteiger partial charge on any atom is -0.329 e. The van der Waals surface area contributed by atoms with Crippen LogP contribution in [0.2, 0.25) is 0 Å². The first-order valence-electron chi connectivity index (χ1n) is 7.44. The van der Waals surface area contributed by atoms with E-state index < -0.39 is 6.04 Å². The summed E-state index contributed by atoms with van der Waals surface area (Å²) >= 11 is 0. The van der Waals surface area contributed by atoms with Crippen molar-refractivity contribution in [3.05, 3.63) is 35.6 Å². The molecule has 5 heteroatoms. The molecule has 2 heterocycles. The smallest absolute Gasteiger partial charge is 0.246 e. The van der Waals surface area contributed by atoms with Crippen molar-refractivity contribution in [3.63, 3.8) is 0 Å². The molecule has 0 N–H and O–H groups in total. The largest absolute Gasteiger partial charge is 0.329 e. The number of carbonyl (C=O) groups is 2. The lowest BCUT2D eigenvalue weighted by atomic mass is 10.0. The molecule has 0 bridgehead atoms. The summed E-state index contributed by atoms with van der Waals surface area (Å²) in [5.41, 5.74) is 0.582. The lowest BCUT2D eigenvalue weighted by molar-refractivity contribution is -0.158. The molecule has 0 spiro atoms. The van der Waals surface area contributed by atoms with Gasteiger partial charge in [0.15, 0.2) is 0 Å². The SMILES string of the molecule is CC1C(=O)N2CCCC2C(=O)N1CCc1ccccc1F. The Labute approximate surface area is 123 Å².